The summed E-state index contributed by atoms with van der Waals surface area (Å²) in [6.07, 6.45) is -1.08. The summed E-state index contributed by atoms with van der Waals surface area (Å²) in [7, 11) is 0. The highest BCUT2D eigenvalue weighted by atomic mass is 35.6. The molecule has 80 valence electrons. The Bertz CT molecular complexity index is 243. The molecule has 0 saturated carbocycles. The number of alkyl halides is 3. The third kappa shape index (κ3) is 4.52. The van der Waals surface area contributed by atoms with Gasteiger partial charge in [0.25, 0.3) is 0 Å². The average Bonchev–Trinajstić information content (AvgIpc) is 2.20. The van der Waals surface area contributed by atoms with Crippen molar-refractivity contribution in [2.75, 3.05) is 0 Å². The van der Waals surface area contributed by atoms with E-state index in [0.29, 0.717) is 5.56 Å². The predicted octanol–water partition coefficient (Wildman–Crippen LogP) is 4.12. The molecule has 0 radical (unpaired) electrons. The Hall–Kier alpha value is 0.0500. The van der Waals surface area contributed by atoms with Crippen molar-refractivity contribution in [1.29, 1.82) is 0 Å². The second-order valence-corrected chi connectivity index (χ2v) is 4.72. The molecule has 1 atom stereocenters. The highest BCUT2D eigenvalue weighted by Crippen LogP contribution is 2.39. The van der Waals surface area contributed by atoms with Crippen LogP contribution < -0.4 is 0 Å². The van der Waals surface area contributed by atoms with Crippen LogP contribution in [0.5, 0.6) is 0 Å². The second-order valence-electron chi connectivity index (χ2n) is 2.35. The number of aliphatic hydroxyl groups is 1. The molecule has 1 N–H and O–H groups in total. The third-order valence-electron chi connectivity index (χ3n) is 1.43. The minimum absolute atomic E-state index is 0.595. The van der Waals surface area contributed by atoms with Crippen LogP contribution in [-0.2, 0) is 0 Å². The number of aliphatic hydroxyl groups excluding tert-OH is 1. The minimum atomic E-state index is -1.67. The van der Waals surface area contributed by atoms with E-state index in [-0.39, 0.29) is 0 Å². The summed E-state index contributed by atoms with van der Waals surface area (Å²) in [5.41, 5.74) is 0.595. The zero-order valence-corrected chi connectivity index (χ0v) is 10.3. The van der Waals surface area contributed by atoms with Crippen LogP contribution in [0.15, 0.2) is 30.3 Å². The van der Waals surface area contributed by atoms with Crippen molar-refractivity contribution in [3.05, 3.63) is 35.9 Å². The second kappa shape index (κ2) is 6.52. The summed E-state index contributed by atoms with van der Waals surface area (Å²) in [6.45, 7) is 4.00. The van der Waals surface area contributed by atoms with E-state index in [9.17, 15) is 5.11 Å². The minimum Gasteiger partial charge on any atom is -0.384 e. The van der Waals surface area contributed by atoms with Crippen LogP contribution in [0, 0.1) is 0 Å². The fourth-order valence-corrected chi connectivity index (χ4v) is 1.20. The fourth-order valence-electron chi connectivity index (χ4n) is 0.824. The first-order valence-electron chi connectivity index (χ1n) is 4.31. The molecular weight excluding hydrogens is 242 g/mol. The molecule has 0 heterocycles. The Morgan fingerprint density at radius 2 is 1.50 bits per heavy atom. The smallest absolute Gasteiger partial charge is 0.220 e. The highest BCUT2D eigenvalue weighted by Gasteiger charge is 2.31. The molecule has 0 aliphatic carbocycles. The van der Waals surface area contributed by atoms with E-state index in [1.165, 1.54) is 0 Å². The van der Waals surface area contributed by atoms with Crippen LogP contribution in [0.25, 0.3) is 0 Å². The van der Waals surface area contributed by atoms with Gasteiger partial charge in [-0.25, -0.2) is 0 Å². The summed E-state index contributed by atoms with van der Waals surface area (Å²) in [5.74, 6) is 0. The Morgan fingerprint density at radius 3 is 1.86 bits per heavy atom. The number of halogens is 3. The maximum Gasteiger partial charge on any atom is 0.220 e. The molecule has 0 fully saturated rings. The van der Waals surface area contributed by atoms with Crippen molar-refractivity contribution >= 4 is 34.8 Å². The third-order valence-corrected chi connectivity index (χ3v) is 2.05. The highest BCUT2D eigenvalue weighted by molar-refractivity contribution is 6.68. The lowest BCUT2D eigenvalue weighted by Gasteiger charge is -2.18. The maximum absolute atomic E-state index is 9.46. The van der Waals surface area contributed by atoms with E-state index < -0.39 is 9.90 Å². The van der Waals surface area contributed by atoms with Crippen molar-refractivity contribution in [3.8, 4) is 0 Å². The summed E-state index contributed by atoms with van der Waals surface area (Å²) < 4.78 is -1.67. The standard InChI is InChI=1S/C8H7Cl3O.C2H6/c9-8(10,11)7(12)6-4-2-1-3-5-6;1-2/h1-5,7,12H;1-2H3. The van der Waals surface area contributed by atoms with E-state index >= 15 is 0 Å². The lowest BCUT2D eigenvalue weighted by Crippen LogP contribution is -2.15. The van der Waals surface area contributed by atoms with Crippen molar-refractivity contribution < 1.29 is 5.11 Å². The first-order chi connectivity index (χ1) is 6.52. The lowest BCUT2D eigenvalue weighted by molar-refractivity contribution is 0.182. The molecule has 0 aliphatic rings. The molecule has 0 aliphatic heterocycles. The van der Waals surface area contributed by atoms with Crippen LogP contribution in [-0.4, -0.2) is 8.90 Å². The van der Waals surface area contributed by atoms with E-state index in [1.54, 1.807) is 24.3 Å². The van der Waals surface area contributed by atoms with Gasteiger partial charge in [-0.3, -0.25) is 0 Å². The zero-order chi connectivity index (χ0) is 11.2. The molecule has 4 heteroatoms. The van der Waals surface area contributed by atoms with E-state index in [4.69, 9.17) is 34.8 Å². The molecular formula is C10H13Cl3O. The van der Waals surface area contributed by atoms with Crippen molar-refractivity contribution in [1.82, 2.24) is 0 Å². The summed E-state index contributed by atoms with van der Waals surface area (Å²) in [5, 5.41) is 9.46. The van der Waals surface area contributed by atoms with Gasteiger partial charge in [0.1, 0.15) is 6.10 Å². The van der Waals surface area contributed by atoms with Gasteiger partial charge in [0.05, 0.1) is 0 Å². The molecule has 1 unspecified atom stereocenters. The monoisotopic (exact) mass is 254 g/mol. The van der Waals surface area contributed by atoms with Crippen LogP contribution in [0.4, 0.5) is 0 Å². The maximum atomic E-state index is 9.46. The summed E-state index contributed by atoms with van der Waals surface area (Å²) in [6, 6.07) is 8.78. The van der Waals surface area contributed by atoms with Gasteiger partial charge in [-0.1, -0.05) is 79.0 Å². The average molecular weight is 256 g/mol. The van der Waals surface area contributed by atoms with Crippen LogP contribution >= 0.6 is 34.8 Å². The first-order valence-corrected chi connectivity index (χ1v) is 5.45. The van der Waals surface area contributed by atoms with Crippen molar-refractivity contribution in [2.45, 2.75) is 23.7 Å². The molecule has 1 nitrogen and oxygen atoms in total. The van der Waals surface area contributed by atoms with Crippen molar-refractivity contribution in [3.63, 3.8) is 0 Å². The van der Waals surface area contributed by atoms with Gasteiger partial charge in [0.2, 0.25) is 3.79 Å². The predicted molar refractivity (Wildman–Crippen MR) is 63.0 cm³/mol. The number of hydrogen-bond donors (Lipinski definition) is 1. The van der Waals surface area contributed by atoms with Crippen LogP contribution in [0.1, 0.15) is 25.5 Å². The van der Waals surface area contributed by atoms with Gasteiger partial charge < -0.3 is 5.11 Å². The molecule has 0 saturated heterocycles. The Balaban J connectivity index is 0.000000791. The molecule has 1 rings (SSSR count). The molecule has 1 aromatic rings. The number of benzene rings is 1. The van der Waals surface area contributed by atoms with Crippen molar-refractivity contribution in [2.24, 2.45) is 0 Å². The normalized spacial score (nSPS) is 12.7. The van der Waals surface area contributed by atoms with Gasteiger partial charge in [-0.15, -0.1) is 0 Å². The van der Waals surface area contributed by atoms with Gasteiger partial charge in [0.15, 0.2) is 0 Å². The first kappa shape index (κ1) is 14.1. The molecule has 0 aromatic heterocycles. The quantitative estimate of drug-likeness (QED) is 0.749. The van der Waals surface area contributed by atoms with E-state index in [0.717, 1.165) is 0 Å². The van der Waals surface area contributed by atoms with E-state index in [1.807, 2.05) is 19.9 Å². The molecule has 0 bridgehead atoms. The molecule has 1 aromatic carbocycles. The van der Waals surface area contributed by atoms with E-state index in [2.05, 4.69) is 0 Å². The SMILES string of the molecule is CC.OC(c1ccccc1)C(Cl)(Cl)Cl. The topological polar surface area (TPSA) is 20.2 Å². The van der Waals surface area contributed by atoms with Gasteiger partial charge >= 0.3 is 0 Å². The molecule has 14 heavy (non-hydrogen) atoms. The van der Waals surface area contributed by atoms with Crippen LogP contribution in [0.2, 0.25) is 0 Å². The van der Waals surface area contributed by atoms with Gasteiger partial charge in [-0.2, -0.15) is 0 Å². The van der Waals surface area contributed by atoms with Crippen LogP contribution in [0.3, 0.4) is 0 Å². The summed E-state index contributed by atoms with van der Waals surface area (Å²) >= 11 is 16.5. The molecule has 0 spiro atoms. The van der Waals surface area contributed by atoms with Gasteiger partial charge in [0, 0.05) is 0 Å². The molecule has 0 amide bonds. The summed E-state index contributed by atoms with van der Waals surface area (Å²) in [4.78, 5) is 0. The fraction of sp³-hybridized carbons (Fsp3) is 0.400. The number of hydrogen-bond acceptors (Lipinski definition) is 1. The van der Waals surface area contributed by atoms with Gasteiger partial charge in [-0.05, 0) is 5.56 Å². The zero-order valence-electron chi connectivity index (χ0n) is 8.05. The largest absolute Gasteiger partial charge is 0.384 e. The Kier molecular flexibility index (Phi) is 6.54. The number of rotatable bonds is 1. The lowest BCUT2D eigenvalue weighted by atomic mass is 10.1. The Labute approximate surface area is 99.6 Å². The Morgan fingerprint density at radius 1 is 1.07 bits per heavy atom.